The summed E-state index contributed by atoms with van der Waals surface area (Å²) >= 11 is 0. The molecule has 6 nitrogen and oxygen atoms in total. The van der Waals surface area contributed by atoms with Gasteiger partial charge in [0, 0.05) is 55.4 Å². The van der Waals surface area contributed by atoms with Crippen molar-refractivity contribution in [1.82, 2.24) is 19.7 Å². The van der Waals surface area contributed by atoms with Crippen molar-refractivity contribution in [3.63, 3.8) is 0 Å². The van der Waals surface area contributed by atoms with E-state index >= 15 is 0 Å². The Morgan fingerprint density at radius 2 is 2.08 bits per heavy atom. The van der Waals surface area contributed by atoms with Crippen molar-refractivity contribution < 1.29 is 4.79 Å². The van der Waals surface area contributed by atoms with Gasteiger partial charge in [-0.3, -0.25) is 14.5 Å². The summed E-state index contributed by atoms with van der Waals surface area (Å²) in [5.41, 5.74) is 5.72. The summed E-state index contributed by atoms with van der Waals surface area (Å²) < 4.78 is 1.96. The van der Waals surface area contributed by atoms with Gasteiger partial charge in [0.2, 0.25) is 0 Å². The summed E-state index contributed by atoms with van der Waals surface area (Å²) in [4.78, 5) is 19.8. The second kappa shape index (κ2) is 7.48. The monoisotopic (exact) mass is 355 g/mol. The standard InChI is InChI=1S/C20H29N5O/c1-6-8-25-15(4)19(14(3)23-25)20(26)24-9-7-16(12-24)18-11-17(21-5)10-13(2)22-18/h10-11,16H,6-9,12H2,1-5H3,(H,21,22). The van der Waals surface area contributed by atoms with Crippen molar-refractivity contribution in [3.05, 3.63) is 40.5 Å². The van der Waals surface area contributed by atoms with Crippen LogP contribution in [-0.4, -0.2) is 45.7 Å². The van der Waals surface area contributed by atoms with Crippen molar-refractivity contribution >= 4 is 11.6 Å². The van der Waals surface area contributed by atoms with Gasteiger partial charge in [-0.2, -0.15) is 5.10 Å². The molecule has 140 valence electrons. The summed E-state index contributed by atoms with van der Waals surface area (Å²) in [6.45, 7) is 10.4. The largest absolute Gasteiger partial charge is 0.388 e. The molecule has 3 rings (SSSR count). The molecule has 1 saturated heterocycles. The maximum atomic E-state index is 13.1. The third-order valence-corrected chi connectivity index (χ3v) is 5.19. The minimum absolute atomic E-state index is 0.103. The first-order chi connectivity index (χ1) is 12.4. The van der Waals surface area contributed by atoms with E-state index in [4.69, 9.17) is 4.98 Å². The van der Waals surface area contributed by atoms with Crippen LogP contribution in [0.4, 0.5) is 5.69 Å². The van der Waals surface area contributed by atoms with E-state index in [9.17, 15) is 4.79 Å². The van der Waals surface area contributed by atoms with Crippen molar-refractivity contribution in [2.45, 2.75) is 53.0 Å². The Bertz CT molecular complexity index is 811. The molecule has 0 aromatic carbocycles. The highest BCUT2D eigenvalue weighted by molar-refractivity contribution is 5.96. The van der Waals surface area contributed by atoms with Gasteiger partial charge in [0.1, 0.15) is 0 Å². The van der Waals surface area contributed by atoms with Crippen LogP contribution < -0.4 is 5.32 Å². The van der Waals surface area contributed by atoms with Gasteiger partial charge in [-0.25, -0.2) is 0 Å². The third-order valence-electron chi connectivity index (χ3n) is 5.19. The van der Waals surface area contributed by atoms with Crippen LogP contribution in [0.2, 0.25) is 0 Å². The Morgan fingerprint density at radius 3 is 2.77 bits per heavy atom. The van der Waals surface area contributed by atoms with E-state index in [-0.39, 0.29) is 11.8 Å². The van der Waals surface area contributed by atoms with Crippen LogP contribution in [0.5, 0.6) is 0 Å². The lowest BCUT2D eigenvalue weighted by Crippen LogP contribution is -2.29. The molecule has 1 aliphatic rings. The molecule has 6 heteroatoms. The number of nitrogens with one attached hydrogen (secondary N) is 1. The molecule has 1 N–H and O–H groups in total. The lowest BCUT2D eigenvalue weighted by molar-refractivity contribution is 0.0789. The van der Waals surface area contributed by atoms with E-state index in [1.807, 2.05) is 43.5 Å². The zero-order valence-corrected chi connectivity index (χ0v) is 16.5. The minimum Gasteiger partial charge on any atom is -0.388 e. The van der Waals surface area contributed by atoms with Crippen LogP contribution in [-0.2, 0) is 6.54 Å². The number of carbonyl (C=O) groups excluding carboxylic acids is 1. The smallest absolute Gasteiger partial charge is 0.257 e. The van der Waals surface area contributed by atoms with Gasteiger partial charge in [-0.1, -0.05) is 6.92 Å². The highest BCUT2D eigenvalue weighted by Gasteiger charge is 2.31. The first kappa shape index (κ1) is 18.4. The number of rotatable bonds is 5. The summed E-state index contributed by atoms with van der Waals surface area (Å²) in [6.07, 6.45) is 1.96. The molecule has 26 heavy (non-hydrogen) atoms. The van der Waals surface area contributed by atoms with Gasteiger partial charge in [0.15, 0.2) is 0 Å². The number of hydrogen-bond acceptors (Lipinski definition) is 4. The summed E-state index contributed by atoms with van der Waals surface area (Å²) in [5, 5.41) is 7.74. The van der Waals surface area contributed by atoms with Crippen molar-refractivity contribution in [3.8, 4) is 0 Å². The number of hydrogen-bond donors (Lipinski definition) is 1. The van der Waals surface area contributed by atoms with E-state index in [2.05, 4.69) is 23.4 Å². The Labute approximate surface area is 155 Å². The number of pyridine rings is 1. The normalized spacial score (nSPS) is 17.0. The number of aromatic nitrogens is 3. The second-order valence-electron chi connectivity index (χ2n) is 7.18. The van der Waals surface area contributed by atoms with Gasteiger partial charge in [-0.15, -0.1) is 0 Å². The molecule has 1 unspecified atom stereocenters. The fraction of sp³-hybridized carbons (Fsp3) is 0.550. The van der Waals surface area contributed by atoms with Gasteiger partial charge in [0.25, 0.3) is 5.91 Å². The first-order valence-electron chi connectivity index (χ1n) is 9.44. The maximum Gasteiger partial charge on any atom is 0.257 e. The Hall–Kier alpha value is -2.37. The second-order valence-corrected chi connectivity index (χ2v) is 7.18. The highest BCUT2D eigenvalue weighted by atomic mass is 16.2. The van der Waals surface area contributed by atoms with Crippen LogP contribution in [0, 0.1) is 20.8 Å². The Balaban J connectivity index is 1.79. The average molecular weight is 355 g/mol. The Kier molecular flexibility index (Phi) is 5.30. The zero-order valence-electron chi connectivity index (χ0n) is 16.5. The summed E-state index contributed by atoms with van der Waals surface area (Å²) in [5.74, 6) is 0.392. The highest BCUT2D eigenvalue weighted by Crippen LogP contribution is 2.29. The molecule has 2 aromatic heterocycles. The van der Waals surface area contributed by atoms with Crippen molar-refractivity contribution in [2.75, 3.05) is 25.5 Å². The lowest BCUT2D eigenvalue weighted by atomic mass is 10.0. The molecule has 2 aromatic rings. The topological polar surface area (TPSA) is 63.1 Å². The molecule has 0 aliphatic carbocycles. The number of anilines is 1. The lowest BCUT2D eigenvalue weighted by Gasteiger charge is -2.17. The van der Waals surface area contributed by atoms with Gasteiger partial charge < -0.3 is 10.2 Å². The number of amides is 1. The van der Waals surface area contributed by atoms with E-state index < -0.39 is 0 Å². The van der Waals surface area contributed by atoms with E-state index in [0.29, 0.717) is 0 Å². The van der Waals surface area contributed by atoms with Crippen LogP contribution in [0.15, 0.2) is 12.1 Å². The molecule has 0 radical (unpaired) electrons. The molecule has 0 bridgehead atoms. The predicted molar refractivity (Wildman–Crippen MR) is 104 cm³/mol. The quantitative estimate of drug-likeness (QED) is 0.894. The van der Waals surface area contributed by atoms with Gasteiger partial charge in [0.05, 0.1) is 11.3 Å². The number of nitrogens with zero attached hydrogens (tertiary/aromatic N) is 4. The molecular formula is C20H29N5O. The number of carbonyl (C=O) groups is 1. The molecule has 0 saturated carbocycles. The molecule has 0 spiro atoms. The maximum absolute atomic E-state index is 13.1. The van der Waals surface area contributed by atoms with Crippen LogP contribution >= 0.6 is 0 Å². The molecule has 1 atom stereocenters. The van der Waals surface area contributed by atoms with Crippen LogP contribution in [0.1, 0.15) is 58.8 Å². The average Bonchev–Trinajstić information content (AvgIpc) is 3.20. The summed E-state index contributed by atoms with van der Waals surface area (Å²) in [7, 11) is 1.92. The molecular weight excluding hydrogens is 326 g/mol. The van der Waals surface area contributed by atoms with Crippen molar-refractivity contribution in [2.24, 2.45) is 0 Å². The minimum atomic E-state index is 0.103. The predicted octanol–water partition coefficient (Wildman–Crippen LogP) is 3.28. The fourth-order valence-corrected chi connectivity index (χ4v) is 3.83. The van der Waals surface area contributed by atoms with Crippen LogP contribution in [0.25, 0.3) is 0 Å². The third kappa shape index (κ3) is 3.45. The molecule has 1 fully saturated rings. The zero-order chi connectivity index (χ0) is 18.8. The van der Waals surface area contributed by atoms with Gasteiger partial charge in [-0.05, 0) is 45.7 Å². The molecule has 1 amide bonds. The van der Waals surface area contributed by atoms with Crippen molar-refractivity contribution in [1.29, 1.82) is 0 Å². The van der Waals surface area contributed by atoms with E-state index in [0.717, 1.165) is 66.5 Å². The number of aryl methyl sites for hydroxylation is 3. The summed E-state index contributed by atoms with van der Waals surface area (Å²) in [6, 6.07) is 4.14. The van der Waals surface area contributed by atoms with Gasteiger partial charge >= 0.3 is 0 Å². The SMILES string of the molecule is CCCn1nc(C)c(C(=O)N2CCC(c3cc(NC)cc(C)n3)C2)c1C. The van der Waals surface area contributed by atoms with E-state index in [1.54, 1.807) is 0 Å². The van der Waals surface area contributed by atoms with E-state index in [1.165, 1.54) is 0 Å². The molecule has 1 aliphatic heterocycles. The Morgan fingerprint density at radius 1 is 1.31 bits per heavy atom. The van der Waals surface area contributed by atoms with Crippen LogP contribution in [0.3, 0.4) is 0 Å². The first-order valence-corrected chi connectivity index (χ1v) is 9.44. The molecule has 3 heterocycles. The number of likely N-dealkylation sites (tertiary alicyclic amines) is 1. The fourth-order valence-electron chi connectivity index (χ4n) is 3.83.